The predicted molar refractivity (Wildman–Crippen MR) is 88.4 cm³/mol. The molecule has 3 aromatic rings. The van der Waals surface area contributed by atoms with E-state index in [-0.39, 0.29) is 0 Å². The summed E-state index contributed by atoms with van der Waals surface area (Å²) in [5.41, 5.74) is 3.26. The summed E-state index contributed by atoms with van der Waals surface area (Å²) in [4.78, 5) is 5.65. The molecular weight excluding hydrogens is 278 g/mol. The van der Waals surface area contributed by atoms with E-state index in [1.165, 1.54) is 15.8 Å². The summed E-state index contributed by atoms with van der Waals surface area (Å²) in [6, 6.07) is 18.4. The molecule has 106 valence electrons. The van der Waals surface area contributed by atoms with Gasteiger partial charge in [0.15, 0.2) is 0 Å². The van der Waals surface area contributed by atoms with Gasteiger partial charge in [-0.15, -0.1) is 11.8 Å². The zero-order valence-electron chi connectivity index (χ0n) is 11.9. The average Bonchev–Trinajstić information content (AvgIpc) is 2.53. The molecule has 3 heteroatoms. The van der Waals surface area contributed by atoms with Gasteiger partial charge in [0, 0.05) is 22.2 Å². The van der Waals surface area contributed by atoms with E-state index in [1.54, 1.807) is 18.7 Å². The largest absolute Gasteiger partial charge is 0.389 e. The number of aliphatic hydroxyl groups is 1. The maximum atomic E-state index is 9.66. The van der Waals surface area contributed by atoms with Crippen molar-refractivity contribution in [1.29, 1.82) is 0 Å². The van der Waals surface area contributed by atoms with Crippen molar-refractivity contribution < 1.29 is 5.11 Å². The molecule has 0 radical (unpaired) electrons. The number of aromatic nitrogens is 1. The quantitative estimate of drug-likeness (QED) is 0.715. The Balaban J connectivity index is 1.82. The van der Waals surface area contributed by atoms with Gasteiger partial charge in [0.2, 0.25) is 0 Å². The third-order valence-corrected chi connectivity index (χ3v) is 4.49. The van der Waals surface area contributed by atoms with Gasteiger partial charge in [0.25, 0.3) is 0 Å². The van der Waals surface area contributed by atoms with Gasteiger partial charge in [-0.1, -0.05) is 36.4 Å². The summed E-state index contributed by atoms with van der Waals surface area (Å²) >= 11 is 1.77. The second kappa shape index (κ2) is 6.29. The lowest BCUT2D eigenvalue weighted by Gasteiger charge is -2.08. The van der Waals surface area contributed by atoms with Crippen LogP contribution in [0.1, 0.15) is 24.2 Å². The van der Waals surface area contributed by atoms with Crippen LogP contribution in [0.25, 0.3) is 10.9 Å². The van der Waals surface area contributed by atoms with Crippen molar-refractivity contribution in [3.05, 3.63) is 71.9 Å². The number of pyridine rings is 1. The molecule has 1 N–H and O–H groups in total. The van der Waals surface area contributed by atoms with Gasteiger partial charge >= 0.3 is 0 Å². The molecule has 0 fully saturated rings. The van der Waals surface area contributed by atoms with E-state index in [1.807, 2.05) is 30.5 Å². The van der Waals surface area contributed by atoms with Crippen LogP contribution in [-0.4, -0.2) is 10.1 Å². The molecule has 0 bridgehead atoms. The fourth-order valence-electron chi connectivity index (χ4n) is 2.31. The molecule has 0 amide bonds. The summed E-state index contributed by atoms with van der Waals surface area (Å²) in [5.74, 6) is 0.873. The average molecular weight is 295 g/mol. The molecule has 0 saturated carbocycles. The van der Waals surface area contributed by atoms with Crippen molar-refractivity contribution >= 4 is 22.7 Å². The lowest BCUT2D eigenvalue weighted by molar-refractivity contribution is 0.199. The van der Waals surface area contributed by atoms with Gasteiger partial charge in [-0.25, -0.2) is 0 Å². The normalized spacial score (nSPS) is 12.5. The van der Waals surface area contributed by atoms with Crippen LogP contribution in [-0.2, 0) is 5.75 Å². The van der Waals surface area contributed by atoms with Crippen LogP contribution in [0.5, 0.6) is 0 Å². The van der Waals surface area contributed by atoms with E-state index in [0.717, 1.165) is 16.8 Å². The van der Waals surface area contributed by atoms with Crippen molar-refractivity contribution in [3.8, 4) is 0 Å². The number of fused-ring (bicyclic) bond motifs is 1. The second-order valence-electron chi connectivity index (χ2n) is 5.03. The SMILES string of the molecule is CC(O)c1cccc(SCc2cccc3cccnc23)c1. The Kier molecular flexibility index (Phi) is 4.23. The monoisotopic (exact) mass is 295 g/mol. The Morgan fingerprint density at radius 1 is 1.10 bits per heavy atom. The molecule has 2 nitrogen and oxygen atoms in total. The van der Waals surface area contributed by atoms with Crippen LogP contribution in [0, 0.1) is 0 Å². The Labute approximate surface area is 128 Å². The summed E-state index contributed by atoms with van der Waals surface area (Å²) in [7, 11) is 0. The molecular formula is C18H17NOS. The molecule has 0 aliphatic carbocycles. The molecule has 0 saturated heterocycles. The Morgan fingerprint density at radius 3 is 2.76 bits per heavy atom. The number of hydrogen-bond donors (Lipinski definition) is 1. The van der Waals surface area contributed by atoms with Gasteiger partial charge in [-0.3, -0.25) is 4.98 Å². The minimum absolute atomic E-state index is 0.426. The standard InChI is InChI=1S/C18H17NOS/c1-13(20)15-6-3-9-17(11-15)21-12-16-7-2-5-14-8-4-10-19-18(14)16/h2-11,13,20H,12H2,1H3. The molecule has 1 aromatic heterocycles. The minimum Gasteiger partial charge on any atom is -0.389 e. The highest BCUT2D eigenvalue weighted by Gasteiger charge is 2.05. The van der Waals surface area contributed by atoms with Crippen LogP contribution >= 0.6 is 11.8 Å². The summed E-state index contributed by atoms with van der Waals surface area (Å²) in [5, 5.41) is 10.8. The van der Waals surface area contributed by atoms with Crippen LogP contribution in [0.2, 0.25) is 0 Å². The second-order valence-corrected chi connectivity index (χ2v) is 6.08. The summed E-state index contributed by atoms with van der Waals surface area (Å²) in [6.45, 7) is 1.79. The lowest BCUT2D eigenvalue weighted by atomic mass is 10.1. The first-order chi connectivity index (χ1) is 10.2. The van der Waals surface area contributed by atoms with Gasteiger partial charge in [0.1, 0.15) is 0 Å². The Hall–Kier alpha value is -1.84. The van der Waals surface area contributed by atoms with Gasteiger partial charge in [0.05, 0.1) is 11.6 Å². The van der Waals surface area contributed by atoms with E-state index < -0.39 is 6.10 Å². The summed E-state index contributed by atoms with van der Waals surface area (Å²) in [6.07, 6.45) is 1.41. The van der Waals surface area contributed by atoms with E-state index in [2.05, 4.69) is 35.3 Å². The first-order valence-corrected chi connectivity index (χ1v) is 7.96. The topological polar surface area (TPSA) is 33.1 Å². The lowest BCUT2D eigenvalue weighted by Crippen LogP contribution is -1.91. The number of hydrogen-bond acceptors (Lipinski definition) is 3. The number of nitrogens with zero attached hydrogens (tertiary/aromatic N) is 1. The summed E-state index contributed by atoms with van der Waals surface area (Å²) < 4.78 is 0. The predicted octanol–water partition coefficient (Wildman–Crippen LogP) is 4.58. The first kappa shape index (κ1) is 14.1. The highest BCUT2D eigenvalue weighted by atomic mass is 32.2. The number of para-hydroxylation sites is 1. The third-order valence-electron chi connectivity index (χ3n) is 3.45. The maximum Gasteiger partial charge on any atom is 0.0762 e. The highest BCUT2D eigenvalue weighted by molar-refractivity contribution is 7.98. The molecule has 3 rings (SSSR count). The molecule has 21 heavy (non-hydrogen) atoms. The number of benzene rings is 2. The Bertz CT molecular complexity index is 750. The van der Waals surface area contributed by atoms with Crippen molar-refractivity contribution in [3.63, 3.8) is 0 Å². The van der Waals surface area contributed by atoms with E-state index in [4.69, 9.17) is 0 Å². The number of rotatable bonds is 4. The van der Waals surface area contributed by atoms with Crippen molar-refractivity contribution in [2.24, 2.45) is 0 Å². The maximum absolute atomic E-state index is 9.66. The molecule has 1 unspecified atom stereocenters. The van der Waals surface area contributed by atoms with Gasteiger partial charge in [-0.05, 0) is 36.2 Å². The molecule has 0 aliphatic rings. The van der Waals surface area contributed by atoms with Crippen LogP contribution in [0.15, 0.2) is 65.7 Å². The number of aliphatic hydroxyl groups excluding tert-OH is 1. The van der Waals surface area contributed by atoms with Crippen LogP contribution < -0.4 is 0 Å². The Morgan fingerprint density at radius 2 is 1.90 bits per heavy atom. The van der Waals surface area contributed by atoms with Gasteiger partial charge in [-0.2, -0.15) is 0 Å². The molecule has 1 atom stereocenters. The first-order valence-electron chi connectivity index (χ1n) is 6.97. The smallest absolute Gasteiger partial charge is 0.0762 e. The zero-order chi connectivity index (χ0) is 14.7. The zero-order valence-corrected chi connectivity index (χ0v) is 12.7. The number of thioether (sulfide) groups is 1. The van der Waals surface area contributed by atoms with Crippen molar-refractivity contribution in [1.82, 2.24) is 4.98 Å². The highest BCUT2D eigenvalue weighted by Crippen LogP contribution is 2.28. The van der Waals surface area contributed by atoms with E-state index in [0.29, 0.717) is 0 Å². The van der Waals surface area contributed by atoms with E-state index in [9.17, 15) is 5.11 Å². The van der Waals surface area contributed by atoms with Crippen molar-refractivity contribution in [2.45, 2.75) is 23.7 Å². The molecule has 0 aliphatic heterocycles. The van der Waals surface area contributed by atoms with Crippen LogP contribution in [0.3, 0.4) is 0 Å². The van der Waals surface area contributed by atoms with Gasteiger partial charge < -0.3 is 5.11 Å². The molecule has 2 aromatic carbocycles. The molecule has 0 spiro atoms. The fraction of sp³-hybridized carbons (Fsp3) is 0.167. The van der Waals surface area contributed by atoms with Crippen molar-refractivity contribution in [2.75, 3.05) is 0 Å². The molecule has 1 heterocycles. The van der Waals surface area contributed by atoms with E-state index >= 15 is 0 Å². The fourth-order valence-corrected chi connectivity index (χ4v) is 3.26. The minimum atomic E-state index is -0.426. The van der Waals surface area contributed by atoms with Crippen LogP contribution in [0.4, 0.5) is 0 Å². The third kappa shape index (κ3) is 3.26.